The van der Waals surface area contributed by atoms with Crippen LogP contribution in [0.2, 0.25) is 0 Å². The molecule has 1 N–H and O–H groups in total. The first-order chi connectivity index (χ1) is 13.5. The summed E-state index contributed by atoms with van der Waals surface area (Å²) in [4.78, 5) is 34.1. The van der Waals surface area contributed by atoms with Gasteiger partial charge < -0.3 is 14.9 Å². The number of aliphatic carboxylic acids is 1. The third kappa shape index (κ3) is 3.77. The van der Waals surface area contributed by atoms with Crippen LogP contribution in [0.15, 0.2) is 29.1 Å². The topological polar surface area (TPSA) is 85.9 Å². The van der Waals surface area contributed by atoms with Crippen molar-refractivity contribution in [3.63, 3.8) is 0 Å². The number of H-pyrrole nitrogens is 1. The first kappa shape index (κ1) is 19.0. The number of hydrogen-bond donors (Lipinski definition) is 1. The van der Waals surface area contributed by atoms with E-state index in [4.69, 9.17) is 4.98 Å². The van der Waals surface area contributed by atoms with Crippen LogP contribution in [0.25, 0.3) is 21.2 Å². The lowest BCUT2D eigenvalue weighted by Gasteiger charge is -2.10. The molecule has 4 rings (SSSR count). The van der Waals surface area contributed by atoms with Gasteiger partial charge in [-0.2, -0.15) is 0 Å². The van der Waals surface area contributed by atoms with E-state index >= 15 is 0 Å². The molecule has 0 spiro atoms. The van der Waals surface area contributed by atoms with Gasteiger partial charge in [0.2, 0.25) is 0 Å². The lowest BCUT2D eigenvalue weighted by atomic mass is 9.97. The smallest absolute Gasteiger partial charge is 0.260 e. The third-order valence-electron chi connectivity index (χ3n) is 4.88. The van der Waals surface area contributed by atoms with Gasteiger partial charge in [0.15, 0.2) is 0 Å². The predicted octanol–water partition coefficient (Wildman–Crippen LogP) is 3.15. The fourth-order valence-electron chi connectivity index (χ4n) is 3.49. The van der Waals surface area contributed by atoms with Crippen LogP contribution in [-0.4, -0.2) is 21.7 Å². The molecule has 0 saturated carbocycles. The second kappa shape index (κ2) is 7.93. The number of rotatable bonds is 5. The normalized spacial score (nSPS) is 14.2. The Morgan fingerprint density at radius 3 is 2.89 bits per heavy atom. The Morgan fingerprint density at radius 2 is 2.11 bits per heavy atom. The molecule has 1 aromatic carbocycles. The van der Waals surface area contributed by atoms with E-state index in [1.807, 2.05) is 37.3 Å². The second-order valence-electron chi connectivity index (χ2n) is 6.83. The molecule has 0 atom stereocenters. The van der Waals surface area contributed by atoms with Crippen LogP contribution in [0.1, 0.15) is 40.2 Å². The van der Waals surface area contributed by atoms with Crippen molar-refractivity contribution in [3.8, 4) is 0 Å². The van der Waals surface area contributed by atoms with E-state index in [1.165, 1.54) is 4.88 Å². The van der Waals surface area contributed by atoms with Crippen LogP contribution < -0.4 is 10.7 Å². The minimum absolute atomic E-state index is 0.149. The predicted molar refractivity (Wildman–Crippen MR) is 113 cm³/mol. The Labute approximate surface area is 170 Å². The summed E-state index contributed by atoms with van der Waals surface area (Å²) in [6, 6.07) is 7.81. The molecule has 0 amide bonds. The molecule has 7 heteroatoms. The minimum Gasteiger partial charge on any atom is -0.549 e. The first-order valence-electron chi connectivity index (χ1n) is 9.18. The fourth-order valence-corrected chi connectivity index (χ4v) is 5.46. The largest absolute Gasteiger partial charge is 0.549 e. The molecule has 1 aliphatic rings. The summed E-state index contributed by atoms with van der Waals surface area (Å²) in [6.45, 7) is 1.99. The summed E-state index contributed by atoms with van der Waals surface area (Å²) < 4.78 is 0. The molecule has 0 unspecified atom stereocenters. The highest BCUT2D eigenvalue weighted by atomic mass is 32.2. The van der Waals surface area contributed by atoms with Gasteiger partial charge in [-0.15, -0.1) is 23.1 Å². The Balaban J connectivity index is 1.84. The van der Waals surface area contributed by atoms with Crippen molar-refractivity contribution in [2.24, 2.45) is 0 Å². The van der Waals surface area contributed by atoms with Gasteiger partial charge in [0.1, 0.15) is 10.7 Å². The van der Waals surface area contributed by atoms with E-state index in [1.54, 1.807) is 11.3 Å². The number of hydrogen-bond acceptors (Lipinski definition) is 6. The number of carbonyl (C=O) groups excluding carboxylic acids is 1. The maximum atomic E-state index is 12.8. The van der Waals surface area contributed by atoms with Gasteiger partial charge in [0.05, 0.1) is 16.3 Å². The van der Waals surface area contributed by atoms with E-state index in [0.29, 0.717) is 16.1 Å². The number of aromatic nitrogens is 2. The van der Waals surface area contributed by atoms with Gasteiger partial charge in [-0.3, -0.25) is 4.79 Å². The lowest BCUT2D eigenvalue weighted by molar-refractivity contribution is -0.301. The molecule has 0 fully saturated rings. The van der Waals surface area contributed by atoms with Gasteiger partial charge in [-0.05, 0) is 55.4 Å². The van der Waals surface area contributed by atoms with Gasteiger partial charge in [-0.25, -0.2) is 4.98 Å². The average Bonchev–Trinajstić information content (AvgIpc) is 3.05. The molecule has 28 heavy (non-hydrogen) atoms. The average molecular weight is 412 g/mol. The molecule has 0 radical (unpaired) electrons. The molecule has 3 aromatic rings. The van der Waals surface area contributed by atoms with Crippen LogP contribution in [0.4, 0.5) is 0 Å². The first-order valence-corrected chi connectivity index (χ1v) is 11.0. The molecule has 0 aliphatic heterocycles. The van der Waals surface area contributed by atoms with Crippen molar-refractivity contribution < 1.29 is 9.90 Å². The fraction of sp³-hybridized carbons (Fsp3) is 0.286. The highest BCUT2D eigenvalue weighted by molar-refractivity contribution is 8.09. The van der Waals surface area contributed by atoms with Crippen LogP contribution >= 0.6 is 23.1 Å². The number of benzene rings is 1. The Bertz CT molecular complexity index is 1140. The molecule has 0 bridgehead atoms. The summed E-state index contributed by atoms with van der Waals surface area (Å²) >= 11 is 2.69. The van der Waals surface area contributed by atoms with Crippen molar-refractivity contribution in [3.05, 3.63) is 62.0 Å². The zero-order valence-corrected chi connectivity index (χ0v) is 17.0. The summed E-state index contributed by atoms with van der Waals surface area (Å²) in [5, 5.41) is 11.7. The molecule has 144 valence electrons. The van der Waals surface area contributed by atoms with Gasteiger partial charge in [0, 0.05) is 10.6 Å². The summed E-state index contributed by atoms with van der Waals surface area (Å²) in [5.74, 6) is -0.957. The lowest BCUT2D eigenvalue weighted by Crippen LogP contribution is -2.24. The number of thiophene rings is 1. The van der Waals surface area contributed by atoms with E-state index in [-0.39, 0.29) is 11.3 Å². The number of aromatic amines is 1. The number of nitrogens with one attached hydrogen (secondary N) is 1. The Hall–Kier alpha value is -2.38. The van der Waals surface area contributed by atoms with Crippen LogP contribution in [0.5, 0.6) is 0 Å². The van der Waals surface area contributed by atoms with E-state index in [2.05, 4.69) is 4.98 Å². The molecule has 5 nitrogen and oxygen atoms in total. The van der Waals surface area contributed by atoms with Gasteiger partial charge in [0.25, 0.3) is 5.56 Å². The molecule has 2 aromatic heterocycles. The maximum Gasteiger partial charge on any atom is 0.260 e. The minimum atomic E-state index is -1.16. The molecule has 0 saturated heterocycles. The summed E-state index contributed by atoms with van der Waals surface area (Å²) in [5.41, 5.74) is 3.00. The highest BCUT2D eigenvalue weighted by Crippen LogP contribution is 2.35. The summed E-state index contributed by atoms with van der Waals surface area (Å²) in [7, 11) is 0. The van der Waals surface area contributed by atoms with Crippen LogP contribution in [-0.2, 0) is 17.6 Å². The Morgan fingerprint density at radius 1 is 1.32 bits per heavy atom. The maximum absolute atomic E-state index is 12.8. The van der Waals surface area contributed by atoms with Gasteiger partial charge in [-0.1, -0.05) is 24.3 Å². The Kier molecular flexibility index (Phi) is 5.37. The van der Waals surface area contributed by atoms with Crippen molar-refractivity contribution in [2.45, 2.75) is 32.6 Å². The standard InChI is InChI=1S/C21H20N2O3S2/c1-12-6-2-3-7-13(12)10-16(27-11-17(24)25)19-22-20(26)18-14-8-4-5-9-15(14)28-21(18)23-19/h2-3,6-7,10H,4-5,8-9,11H2,1H3,(H,24,25)(H,22,23,26)/p-1/b16-10-. The SMILES string of the molecule is Cc1ccccc1/C=C(\SCC(=O)[O-])c1nc2sc3c(c2c(=O)[nH]1)CCCC3. The third-order valence-corrected chi connectivity index (χ3v) is 7.07. The summed E-state index contributed by atoms with van der Waals surface area (Å²) in [6.07, 6.45) is 6.03. The molecular formula is C21H19N2O3S2-. The molecule has 1 aliphatic carbocycles. The highest BCUT2D eigenvalue weighted by Gasteiger charge is 2.20. The number of thioether (sulfide) groups is 1. The second-order valence-corrected chi connectivity index (χ2v) is 8.93. The number of nitrogens with zero attached hydrogens (tertiary/aromatic N) is 1. The zero-order chi connectivity index (χ0) is 19.7. The number of carboxylic acids is 1. The molecular weight excluding hydrogens is 392 g/mol. The molecule has 2 heterocycles. The van der Waals surface area contributed by atoms with Crippen molar-refractivity contribution in [1.82, 2.24) is 9.97 Å². The van der Waals surface area contributed by atoms with E-state index < -0.39 is 5.97 Å². The zero-order valence-electron chi connectivity index (χ0n) is 15.4. The number of carbonyl (C=O) groups is 1. The van der Waals surface area contributed by atoms with Gasteiger partial charge >= 0.3 is 0 Å². The van der Waals surface area contributed by atoms with Crippen molar-refractivity contribution in [1.29, 1.82) is 0 Å². The van der Waals surface area contributed by atoms with E-state index in [0.717, 1.165) is 59.0 Å². The number of fused-ring (bicyclic) bond motifs is 3. The van der Waals surface area contributed by atoms with Crippen LogP contribution in [0, 0.1) is 6.92 Å². The monoisotopic (exact) mass is 411 g/mol. The number of carboxylic acid groups (broad SMARTS) is 1. The quantitative estimate of drug-likeness (QED) is 0.697. The van der Waals surface area contributed by atoms with Crippen molar-refractivity contribution >= 4 is 50.3 Å². The van der Waals surface area contributed by atoms with Crippen LogP contribution in [0.3, 0.4) is 0 Å². The number of aryl methyl sites for hydroxylation is 3. The van der Waals surface area contributed by atoms with E-state index in [9.17, 15) is 14.7 Å². The van der Waals surface area contributed by atoms with Crippen molar-refractivity contribution in [2.75, 3.05) is 5.75 Å².